The molecular formula is C19H16ClN3O. The van der Waals surface area contributed by atoms with Gasteiger partial charge in [0.25, 0.3) is 0 Å². The van der Waals surface area contributed by atoms with Crippen LogP contribution < -0.4 is 5.32 Å². The number of benzene rings is 2. The Morgan fingerprint density at radius 3 is 2.62 bits per heavy atom. The van der Waals surface area contributed by atoms with Crippen LogP contribution >= 0.6 is 11.6 Å². The average molecular weight is 338 g/mol. The van der Waals surface area contributed by atoms with E-state index in [0.29, 0.717) is 6.54 Å². The second kappa shape index (κ2) is 6.42. The van der Waals surface area contributed by atoms with Crippen molar-refractivity contribution in [3.05, 3.63) is 83.3 Å². The summed E-state index contributed by atoms with van der Waals surface area (Å²) in [5, 5.41) is 4.11. The van der Waals surface area contributed by atoms with E-state index in [1.54, 1.807) is 6.26 Å². The first-order valence-electron chi connectivity index (χ1n) is 7.75. The zero-order chi connectivity index (χ0) is 16.4. The molecule has 0 spiro atoms. The fourth-order valence-corrected chi connectivity index (χ4v) is 2.85. The van der Waals surface area contributed by atoms with E-state index < -0.39 is 0 Å². The molecule has 5 heteroatoms. The van der Waals surface area contributed by atoms with Crippen molar-refractivity contribution in [2.45, 2.75) is 13.1 Å². The molecule has 0 atom stereocenters. The van der Waals surface area contributed by atoms with Crippen molar-refractivity contribution >= 4 is 28.6 Å². The van der Waals surface area contributed by atoms with E-state index in [0.717, 1.165) is 34.3 Å². The molecule has 0 radical (unpaired) electrons. The van der Waals surface area contributed by atoms with Crippen molar-refractivity contribution in [1.82, 2.24) is 9.55 Å². The maximum atomic E-state index is 5.98. The third-order valence-electron chi connectivity index (χ3n) is 3.91. The highest BCUT2D eigenvalue weighted by atomic mass is 35.5. The number of para-hydroxylation sites is 2. The van der Waals surface area contributed by atoms with E-state index in [1.807, 2.05) is 54.6 Å². The van der Waals surface area contributed by atoms with Crippen molar-refractivity contribution < 1.29 is 4.42 Å². The summed E-state index contributed by atoms with van der Waals surface area (Å²) in [6, 6.07) is 19.8. The lowest BCUT2D eigenvalue weighted by atomic mass is 10.2. The normalized spacial score (nSPS) is 11.0. The molecule has 2 aromatic heterocycles. The van der Waals surface area contributed by atoms with Crippen molar-refractivity contribution in [2.75, 3.05) is 5.32 Å². The third-order valence-corrected chi connectivity index (χ3v) is 4.16. The van der Waals surface area contributed by atoms with Gasteiger partial charge < -0.3 is 14.3 Å². The van der Waals surface area contributed by atoms with E-state index >= 15 is 0 Å². The minimum atomic E-state index is 0.594. The van der Waals surface area contributed by atoms with Crippen molar-refractivity contribution in [2.24, 2.45) is 0 Å². The molecular weight excluding hydrogens is 322 g/mol. The molecule has 24 heavy (non-hydrogen) atoms. The molecule has 120 valence electrons. The van der Waals surface area contributed by atoms with Gasteiger partial charge in [-0.1, -0.05) is 35.9 Å². The molecule has 2 aromatic carbocycles. The lowest BCUT2D eigenvalue weighted by molar-refractivity contribution is 0.517. The Kier molecular flexibility index (Phi) is 3.97. The molecule has 0 saturated heterocycles. The molecule has 0 aliphatic heterocycles. The van der Waals surface area contributed by atoms with E-state index in [1.165, 1.54) is 5.56 Å². The fourth-order valence-electron chi connectivity index (χ4n) is 2.72. The standard InChI is InChI=1S/C19H16ClN3O/c20-15-9-7-14(8-10-15)13-23-18-6-2-1-5-17(18)22-19(23)21-12-16-4-3-11-24-16/h1-11H,12-13H2,(H,21,22). The van der Waals surface area contributed by atoms with Gasteiger partial charge in [-0.3, -0.25) is 0 Å². The second-order valence-corrected chi connectivity index (χ2v) is 6.01. The van der Waals surface area contributed by atoms with Crippen LogP contribution in [0.1, 0.15) is 11.3 Å². The molecule has 4 nitrogen and oxygen atoms in total. The molecule has 0 amide bonds. The number of imidazole rings is 1. The number of furan rings is 1. The van der Waals surface area contributed by atoms with Crippen molar-refractivity contribution in [3.8, 4) is 0 Å². The van der Waals surface area contributed by atoms with Crippen LogP contribution in [0.5, 0.6) is 0 Å². The molecule has 0 saturated carbocycles. The highest BCUT2D eigenvalue weighted by Gasteiger charge is 2.11. The summed E-state index contributed by atoms with van der Waals surface area (Å²) in [5.41, 5.74) is 3.23. The van der Waals surface area contributed by atoms with Gasteiger partial charge in [-0.05, 0) is 42.0 Å². The molecule has 0 unspecified atom stereocenters. The van der Waals surface area contributed by atoms with Crippen LogP contribution in [0.2, 0.25) is 5.02 Å². The van der Waals surface area contributed by atoms with Gasteiger partial charge in [0.2, 0.25) is 5.95 Å². The summed E-state index contributed by atoms with van der Waals surface area (Å²) in [7, 11) is 0. The monoisotopic (exact) mass is 337 g/mol. The maximum absolute atomic E-state index is 5.98. The Labute approximate surface area is 144 Å². The van der Waals surface area contributed by atoms with Crippen LogP contribution in [0.3, 0.4) is 0 Å². The van der Waals surface area contributed by atoms with Crippen LogP contribution in [-0.4, -0.2) is 9.55 Å². The van der Waals surface area contributed by atoms with E-state index in [9.17, 15) is 0 Å². The van der Waals surface area contributed by atoms with Crippen molar-refractivity contribution in [3.63, 3.8) is 0 Å². The van der Waals surface area contributed by atoms with Gasteiger partial charge >= 0.3 is 0 Å². The Balaban J connectivity index is 1.68. The molecule has 0 aliphatic rings. The van der Waals surface area contributed by atoms with Gasteiger partial charge in [0.15, 0.2) is 0 Å². The van der Waals surface area contributed by atoms with Gasteiger partial charge in [0, 0.05) is 5.02 Å². The van der Waals surface area contributed by atoms with Gasteiger partial charge in [0.05, 0.1) is 30.4 Å². The number of halogens is 1. The van der Waals surface area contributed by atoms with Crippen LogP contribution in [-0.2, 0) is 13.1 Å². The predicted molar refractivity (Wildman–Crippen MR) is 96.3 cm³/mol. The minimum absolute atomic E-state index is 0.594. The van der Waals surface area contributed by atoms with Crippen LogP contribution in [0, 0.1) is 0 Å². The molecule has 4 aromatic rings. The summed E-state index contributed by atoms with van der Waals surface area (Å²) in [6.07, 6.45) is 1.67. The topological polar surface area (TPSA) is 43.0 Å². The number of rotatable bonds is 5. The lowest BCUT2D eigenvalue weighted by Gasteiger charge is -2.10. The highest BCUT2D eigenvalue weighted by Crippen LogP contribution is 2.22. The molecule has 1 N–H and O–H groups in total. The molecule has 0 fully saturated rings. The minimum Gasteiger partial charge on any atom is -0.467 e. The summed E-state index contributed by atoms with van der Waals surface area (Å²) in [4.78, 5) is 4.71. The van der Waals surface area contributed by atoms with Crippen LogP contribution in [0.4, 0.5) is 5.95 Å². The number of anilines is 1. The largest absolute Gasteiger partial charge is 0.467 e. The number of aromatic nitrogens is 2. The zero-order valence-electron chi connectivity index (χ0n) is 12.9. The average Bonchev–Trinajstić information content (AvgIpc) is 3.23. The van der Waals surface area contributed by atoms with Gasteiger partial charge in [0.1, 0.15) is 5.76 Å². The number of hydrogen-bond acceptors (Lipinski definition) is 3. The molecule has 2 heterocycles. The molecule has 0 aliphatic carbocycles. The first kappa shape index (κ1) is 14.8. The highest BCUT2D eigenvalue weighted by molar-refractivity contribution is 6.30. The van der Waals surface area contributed by atoms with Crippen molar-refractivity contribution in [1.29, 1.82) is 0 Å². The molecule has 4 rings (SSSR count). The van der Waals surface area contributed by atoms with Gasteiger partial charge in [-0.2, -0.15) is 0 Å². The zero-order valence-corrected chi connectivity index (χ0v) is 13.7. The summed E-state index contributed by atoms with van der Waals surface area (Å²) >= 11 is 5.98. The summed E-state index contributed by atoms with van der Waals surface area (Å²) in [5.74, 6) is 1.70. The Morgan fingerprint density at radius 2 is 1.83 bits per heavy atom. The van der Waals surface area contributed by atoms with E-state index in [2.05, 4.69) is 16.0 Å². The fraction of sp³-hybridized carbons (Fsp3) is 0.105. The Hall–Kier alpha value is -2.72. The summed E-state index contributed by atoms with van der Waals surface area (Å²) in [6.45, 7) is 1.31. The maximum Gasteiger partial charge on any atom is 0.204 e. The third kappa shape index (κ3) is 3.01. The smallest absolute Gasteiger partial charge is 0.204 e. The number of nitrogens with zero attached hydrogens (tertiary/aromatic N) is 2. The summed E-state index contributed by atoms with van der Waals surface area (Å²) < 4.78 is 7.55. The van der Waals surface area contributed by atoms with E-state index in [-0.39, 0.29) is 0 Å². The SMILES string of the molecule is Clc1ccc(Cn2c(NCc3ccco3)nc3ccccc32)cc1. The number of hydrogen-bond donors (Lipinski definition) is 1. The number of nitrogens with one attached hydrogen (secondary N) is 1. The van der Waals surface area contributed by atoms with Gasteiger partial charge in [-0.15, -0.1) is 0 Å². The predicted octanol–water partition coefficient (Wildman–Crippen LogP) is 4.94. The second-order valence-electron chi connectivity index (χ2n) is 5.57. The van der Waals surface area contributed by atoms with Gasteiger partial charge in [-0.25, -0.2) is 4.98 Å². The Morgan fingerprint density at radius 1 is 1.00 bits per heavy atom. The first-order valence-corrected chi connectivity index (χ1v) is 8.13. The Bertz CT molecular complexity index is 943. The molecule has 0 bridgehead atoms. The van der Waals surface area contributed by atoms with Crippen LogP contribution in [0.25, 0.3) is 11.0 Å². The van der Waals surface area contributed by atoms with E-state index in [4.69, 9.17) is 21.0 Å². The quantitative estimate of drug-likeness (QED) is 0.560. The number of fused-ring (bicyclic) bond motifs is 1. The lowest BCUT2D eigenvalue weighted by Crippen LogP contribution is -2.08. The first-order chi connectivity index (χ1) is 11.8. The van der Waals surface area contributed by atoms with Crippen LogP contribution in [0.15, 0.2) is 71.3 Å².